The summed E-state index contributed by atoms with van der Waals surface area (Å²) in [6.45, 7) is 0.0571. The number of amides is 3. The van der Waals surface area contributed by atoms with E-state index in [1.54, 1.807) is 18.2 Å². The van der Waals surface area contributed by atoms with Crippen LogP contribution in [0.15, 0.2) is 36.5 Å². The minimum Gasteiger partial charge on any atom is -0.465 e. The van der Waals surface area contributed by atoms with Crippen molar-refractivity contribution < 1.29 is 38.1 Å². The van der Waals surface area contributed by atoms with Gasteiger partial charge in [0.15, 0.2) is 11.5 Å². The summed E-state index contributed by atoms with van der Waals surface area (Å²) >= 11 is 0. The molecule has 3 amide bonds. The number of ether oxygens (including phenoxy) is 4. The average Bonchev–Trinajstić information content (AvgIpc) is 3.52. The number of rotatable bonds is 7. The Kier molecular flexibility index (Phi) is 6.87. The summed E-state index contributed by atoms with van der Waals surface area (Å²) in [5.74, 6) is -0.836. The van der Waals surface area contributed by atoms with Crippen LogP contribution in [0.1, 0.15) is 27.3 Å². The van der Waals surface area contributed by atoms with E-state index < -0.39 is 23.7 Å². The number of hydrogen-bond donors (Lipinski definition) is 1. The second-order valence-electron chi connectivity index (χ2n) is 7.33. The second-order valence-corrected chi connectivity index (χ2v) is 7.33. The van der Waals surface area contributed by atoms with E-state index in [4.69, 9.17) is 14.2 Å². The Morgan fingerprint density at radius 1 is 1.03 bits per heavy atom. The highest BCUT2D eigenvalue weighted by atomic mass is 16.7. The predicted octanol–water partition coefficient (Wildman–Crippen LogP) is 0.842. The van der Waals surface area contributed by atoms with Gasteiger partial charge in [0.2, 0.25) is 12.7 Å². The third kappa shape index (κ3) is 5.07. The van der Waals surface area contributed by atoms with E-state index in [0.29, 0.717) is 36.7 Å². The lowest BCUT2D eigenvalue weighted by Gasteiger charge is -2.27. The average molecular weight is 470 g/mol. The van der Waals surface area contributed by atoms with Gasteiger partial charge in [0.05, 0.1) is 12.7 Å². The highest BCUT2D eigenvalue weighted by Gasteiger charge is 2.32. The van der Waals surface area contributed by atoms with Crippen molar-refractivity contribution in [2.24, 2.45) is 0 Å². The van der Waals surface area contributed by atoms with Crippen LogP contribution in [0.25, 0.3) is 0 Å². The molecular formula is C22H22N4O8. The molecule has 1 aromatic carbocycles. The van der Waals surface area contributed by atoms with E-state index in [0.717, 1.165) is 0 Å². The number of pyridine rings is 1. The predicted molar refractivity (Wildman–Crippen MR) is 115 cm³/mol. The molecular weight excluding hydrogens is 448 g/mol. The number of benzene rings is 1. The van der Waals surface area contributed by atoms with E-state index >= 15 is 0 Å². The molecule has 1 saturated heterocycles. The highest BCUT2D eigenvalue weighted by molar-refractivity contribution is 5.95. The molecule has 1 aromatic heterocycles. The van der Waals surface area contributed by atoms with Crippen LogP contribution in [0, 0.1) is 0 Å². The van der Waals surface area contributed by atoms with Crippen LogP contribution in [0.2, 0.25) is 0 Å². The van der Waals surface area contributed by atoms with Crippen molar-refractivity contribution in [3.05, 3.63) is 47.8 Å². The van der Waals surface area contributed by atoms with Gasteiger partial charge in [0.25, 0.3) is 11.8 Å². The molecule has 1 N–H and O–H groups in total. The third-order valence-electron chi connectivity index (χ3n) is 5.07. The van der Waals surface area contributed by atoms with Gasteiger partial charge in [-0.05, 0) is 30.7 Å². The molecule has 2 aliphatic rings. The Labute approximate surface area is 194 Å². The number of hydrogen-bond acceptors (Lipinski definition) is 9. The first-order valence-corrected chi connectivity index (χ1v) is 10.4. The first-order chi connectivity index (χ1) is 16.5. The minimum atomic E-state index is -0.566. The first kappa shape index (κ1) is 23.0. The van der Waals surface area contributed by atoms with Gasteiger partial charge in [-0.15, -0.1) is 0 Å². The van der Waals surface area contributed by atoms with Gasteiger partial charge in [-0.2, -0.15) is 0 Å². The molecule has 0 bridgehead atoms. The molecule has 1 fully saturated rings. The van der Waals surface area contributed by atoms with Crippen LogP contribution in [0.4, 0.5) is 5.69 Å². The highest BCUT2D eigenvalue weighted by Crippen LogP contribution is 2.34. The standard InChI is InChI=1S/C22H22N4O8/c1-31-22(30)14-3-5-16(23-10-14)21(29)26-8-2-7-25(26)20(28)12-32-11-19(27)24-15-4-6-17-18(9-15)34-13-33-17/h3-6,9-10H,2,7-8,11-13H2,1H3,(H,24,27). The van der Waals surface area contributed by atoms with E-state index in [1.807, 2.05) is 0 Å². The Balaban J connectivity index is 1.27. The van der Waals surface area contributed by atoms with Crippen molar-refractivity contribution >= 4 is 29.4 Å². The van der Waals surface area contributed by atoms with Crippen LogP contribution in [-0.4, -0.2) is 78.9 Å². The summed E-state index contributed by atoms with van der Waals surface area (Å²) in [7, 11) is 1.25. The van der Waals surface area contributed by atoms with Crippen molar-refractivity contribution in [1.82, 2.24) is 15.0 Å². The molecule has 3 heterocycles. The number of anilines is 1. The lowest BCUT2D eigenvalue weighted by atomic mass is 10.2. The number of esters is 1. The Morgan fingerprint density at radius 2 is 1.82 bits per heavy atom. The maximum absolute atomic E-state index is 12.8. The number of methoxy groups -OCH3 is 1. The first-order valence-electron chi connectivity index (χ1n) is 10.4. The fourth-order valence-corrected chi connectivity index (χ4v) is 3.45. The Hall–Kier alpha value is -4.19. The quantitative estimate of drug-likeness (QED) is 0.584. The van der Waals surface area contributed by atoms with E-state index in [9.17, 15) is 19.2 Å². The fraction of sp³-hybridized carbons (Fsp3) is 0.318. The summed E-state index contributed by atoms with van der Waals surface area (Å²) in [6, 6.07) is 7.79. The van der Waals surface area contributed by atoms with Crippen LogP contribution in [0.5, 0.6) is 11.5 Å². The van der Waals surface area contributed by atoms with Crippen molar-refractivity contribution in [3.8, 4) is 11.5 Å². The van der Waals surface area contributed by atoms with Gasteiger partial charge in [0, 0.05) is 31.0 Å². The number of fused-ring (bicyclic) bond motifs is 1. The summed E-state index contributed by atoms with van der Waals surface area (Å²) in [4.78, 5) is 53.1. The molecule has 12 nitrogen and oxygen atoms in total. The minimum absolute atomic E-state index is 0.0800. The van der Waals surface area contributed by atoms with Gasteiger partial charge in [0.1, 0.15) is 18.9 Å². The molecule has 4 rings (SSSR count). The van der Waals surface area contributed by atoms with Crippen molar-refractivity contribution in [1.29, 1.82) is 0 Å². The number of carbonyl (C=O) groups excluding carboxylic acids is 4. The van der Waals surface area contributed by atoms with Crippen LogP contribution < -0.4 is 14.8 Å². The second kappa shape index (κ2) is 10.2. The Morgan fingerprint density at radius 3 is 2.59 bits per heavy atom. The summed E-state index contributed by atoms with van der Waals surface area (Å²) in [6.07, 6.45) is 1.82. The van der Waals surface area contributed by atoms with Crippen molar-refractivity contribution in [2.45, 2.75) is 6.42 Å². The zero-order chi connectivity index (χ0) is 24.1. The third-order valence-corrected chi connectivity index (χ3v) is 5.07. The zero-order valence-corrected chi connectivity index (χ0v) is 18.3. The van der Waals surface area contributed by atoms with Gasteiger partial charge < -0.3 is 24.3 Å². The number of aromatic nitrogens is 1. The maximum Gasteiger partial charge on any atom is 0.339 e. The normalized spacial score (nSPS) is 14.1. The molecule has 0 aliphatic carbocycles. The summed E-state index contributed by atoms with van der Waals surface area (Å²) in [5, 5.41) is 5.20. The fourth-order valence-electron chi connectivity index (χ4n) is 3.45. The molecule has 2 aliphatic heterocycles. The van der Waals surface area contributed by atoms with Gasteiger partial charge in [-0.25, -0.2) is 14.8 Å². The van der Waals surface area contributed by atoms with Crippen LogP contribution in [-0.2, 0) is 19.1 Å². The van der Waals surface area contributed by atoms with Crippen LogP contribution >= 0.6 is 0 Å². The molecule has 0 atom stereocenters. The monoisotopic (exact) mass is 470 g/mol. The number of carbonyl (C=O) groups is 4. The lowest BCUT2D eigenvalue weighted by molar-refractivity contribution is -0.146. The lowest BCUT2D eigenvalue weighted by Crippen LogP contribution is -2.46. The molecule has 178 valence electrons. The maximum atomic E-state index is 12.8. The van der Waals surface area contributed by atoms with E-state index in [2.05, 4.69) is 15.0 Å². The number of nitrogens with one attached hydrogen (secondary N) is 1. The number of nitrogens with zero attached hydrogens (tertiary/aromatic N) is 3. The molecule has 34 heavy (non-hydrogen) atoms. The molecule has 0 radical (unpaired) electrons. The molecule has 0 unspecified atom stereocenters. The van der Waals surface area contributed by atoms with Gasteiger partial charge in [-0.3, -0.25) is 19.4 Å². The topological polar surface area (TPSA) is 137 Å². The van der Waals surface area contributed by atoms with E-state index in [-0.39, 0.29) is 31.3 Å². The summed E-state index contributed by atoms with van der Waals surface area (Å²) in [5.41, 5.74) is 0.795. The van der Waals surface area contributed by atoms with E-state index in [1.165, 1.54) is 35.5 Å². The molecule has 2 aromatic rings. The summed E-state index contributed by atoms with van der Waals surface area (Å²) < 4.78 is 20.3. The van der Waals surface area contributed by atoms with Gasteiger partial charge >= 0.3 is 5.97 Å². The van der Waals surface area contributed by atoms with Crippen molar-refractivity contribution in [2.75, 3.05) is 45.5 Å². The van der Waals surface area contributed by atoms with Crippen molar-refractivity contribution in [3.63, 3.8) is 0 Å². The largest absolute Gasteiger partial charge is 0.465 e. The molecule has 0 saturated carbocycles. The SMILES string of the molecule is COC(=O)c1ccc(C(=O)N2CCCN2C(=O)COCC(=O)Nc2ccc3c(c2)OCO3)nc1. The Bertz CT molecular complexity index is 1100. The zero-order valence-electron chi connectivity index (χ0n) is 18.3. The van der Waals surface area contributed by atoms with Crippen LogP contribution in [0.3, 0.4) is 0 Å². The smallest absolute Gasteiger partial charge is 0.339 e. The number of hydrazine groups is 1. The molecule has 12 heteroatoms. The molecule has 0 spiro atoms. The van der Waals surface area contributed by atoms with Gasteiger partial charge in [-0.1, -0.05) is 0 Å².